The molecule has 0 spiro atoms. The molecule has 2 rings (SSSR count). The lowest BCUT2D eigenvalue weighted by Crippen LogP contribution is -1.84. The molecule has 0 aliphatic rings. The second-order valence-electron chi connectivity index (χ2n) is 3.80. The predicted octanol–water partition coefficient (Wildman–Crippen LogP) is 4.42. The molecule has 0 aromatic heterocycles. The molecule has 0 bridgehead atoms. The maximum absolute atomic E-state index is 2.19. The van der Waals surface area contributed by atoms with Gasteiger partial charge in [0.15, 0.2) is 0 Å². The van der Waals surface area contributed by atoms with E-state index in [-0.39, 0.29) is 0 Å². The molecule has 0 aliphatic heterocycles. The van der Waals surface area contributed by atoms with Crippen LogP contribution in [0.25, 0.3) is 12.2 Å². The number of rotatable bonds is 3. The summed E-state index contributed by atoms with van der Waals surface area (Å²) in [5.41, 5.74) is 3.96. The van der Waals surface area contributed by atoms with Crippen LogP contribution < -0.4 is 0 Å². The van der Waals surface area contributed by atoms with Gasteiger partial charge in [0.25, 0.3) is 0 Å². The first-order valence-corrected chi connectivity index (χ1v) is 5.71. The molecule has 0 N–H and O–H groups in total. The van der Waals surface area contributed by atoms with Crippen molar-refractivity contribution in [3.63, 3.8) is 0 Å². The molecule has 2 aromatic rings. The van der Waals surface area contributed by atoms with Crippen molar-refractivity contribution < 1.29 is 0 Å². The van der Waals surface area contributed by atoms with Crippen LogP contribution >= 0.6 is 0 Å². The average Bonchev–Trinajstić information content (AvgIpc) is 2.38. The molecule has 0 unspecified atom stereocenters. The molecule has 2 aromatic carbocycles. The topological polar surface area (TPSA) is 0 Å². The van der Waals surface area contributed by atoms with E-state index < -0.39 is 0 Å². The normalized spacial score (nSPS) is 10.8. The minimum Gasteiger partial charge on any atom is -0.0622 e. The van der Waals surface area contributed by atoms with E-state index in [2.05, 4.69) is 67.6 Å². The summed E-state index contributed by atoms with van der Waals surface area (Å²) in [6.45, 7) is 2.19. The Hall–Kier alpha value is -1.82. The molecule has 0 heteroatoms. The van der Waals surface area contributed by atoms with Gasteiger partial charge in [0.05, 0.1) is 0 Å². The molecular weight excluding hydrogens is 192 g/mol. The Labute approximate surface area is 97.3 Å². The Balaban J connectivity index is 2.24. The molecule has 0 nitrogen and oxygen atoms in total. The largest absolute Gasteiger partial charge is 0.0622 e. The SMILES string of the molecule is CCc1ccccc1/C=C\c1ccccc1. The van der Waals surface area contributed by atoms with Crippen molar-refractivity contribution in [2.75, 3.05) is 0 Å². The quantitative estimate of drug-likeness (QED) is 0.655. The van der Waals surface area contributed by atoms with Crippen LogP contribution in [0.5, 0.6) is 0 Å². The number of hydrogen-bond donors (Lipinski definition) is 0. The first kappa shape index (κ1) is 10.7. The summed E-state index contributed by atoms with van der Waals surface area (Å²) in [4.78, 5) is 0. The van der Waals surface area contributed by atoms with Gasteiger partial charge in [-0.3, -0.25) is 0 Å². The monoisotopic (exact) mass is 208 g/mol. The molecule has 0 saturated heterocycles. The third kappa shape index (κ3) is 2.60. The van der Waals surface area contributed by atoms with Gasteiger partial charge in [0.2, 0.25) is 0 Å². The van der Waals surface area contributed by atoms with Crippen LogP contribution in [0.2, 0.25) is 0 Å². The molecule has 0 aliphatic carbocycles. The molecule has 0 heterocycles. The fraction of sp³-hybridized carbons (Fsp3) is 0.125. The lowest BCUT2D eigenvalue weighted by Gasteiger charge is -2.01. The Kier molecular flexibility index (Phi) is 3.55. The number of hydrogen-bond acceptors (Lipinski definition) is 0. The van der Waals surface area contributed by atoms with E-state index in [0.29, 0.717) is 0 Å². The number of aryl methyl sites for hydroxylation is 1. The Bertz CT molecular complexity index is 466. The van der Waals surface area contributed by atoms with E-state index in [1.165, 1.54) is 16.7 Å². The predicted molar refractivity (Wildman–Crippen MR) is 71.2 cm³/mol. The van der Waals surface area contributed by atoms with Crippen molar-refractivity contribution in [2.24, 2.45) is 0 Å². The van der Waals surface area contributed by atoms with Crippen LogP contribution in [-0.2, 0) is 6.42 Å². The Morgan fingerprint density at radius 1 is 0.812 bits per heavy atom. The lowest BCUT2D eigenvalue weighted by atomic mass is 10.0. The van der Waals surface area contributed by atoms with Crippen LogP contribution in [0.4, 0.5) is 0 Å². The van der Waals surface area contributed by atoms with E-state index in [1.807, 2.05) is 6.07 Å². The Morgan fingerprint density at radius 3 is 2.25 bits per heavy atom. The van der Waals surface area contributed by atoms with Gasteiger partial charge in [0.1, 0.15) is 0 Å². The summed E-state index contributed by atoms with van der Waals surface area (Å²) >= 11 is 0. The van der Waals surface area contributed by atoms with Crippen molar-refractivity contribution in [1.29, 1.82) is 0 Å². The van der Waals surface area contributed by atoms with Gasteiger partial charge in [-0.25, -0.2) is 0 Å². The van der Waals surface area contributed by atoms with Gasteiger partial charge >= 0.3 is 0 Å². The second-order valence-corrected chi connectivity index (χ2v) is 3.80. The fourth-order valence-corrected chi connectivity index (χ4v) is 1.77. The summed E-state index contributed by atoms with van der Waals surface area (Å²) in [7, 11) is 0. The van der Waals surface area contributed by atoms with Gasteiger partial charge in [-0.05, 0) is 23.1 Å². The zero-order chi connectivity index (χ0) is 11.2. The maximum atomic E-state index is 2.19. The molecule has 0 amide bonds. The van der Waals surface area contributed by atoms with E-state index in [1.54, 1.807) is 0 Å². The van der Waals surface area contributed by atoms with E-state index in [0.717, 1.165) is 6.42 Å². The van der Waals surface area contributed by atoms with Crippen LogP contribution in [0.3, 0.4) is 0 Å². The standard InChI is InChI=1S/C16H16/c1-2-15-10-6-7-11-16(15)13-12-14-8-4-3-5-9-14/h3-13H,2H2,1H3/b13-12-. The zero-order valence-electron chi connectivity index (χ0n) is 9.56. The molecular formula is C16H16. The van der Waals surface area contributed by atoms with Crippen LogP contribution in [0.15, 0.2) is 54.6 Å². The first-order chi connectivity index (χ1) is 7.90. The number of benzene rings is 2. The van der Waals surface area contributed by atoms with Crippen LogP contribution in [-0.4, -0.2) is 0 Å². The third-order valence-electron chi connectivity index (χ3n) is 2.69. The van der Waals surface area contributed by atoms with Crippen LogP contribution in [0.1, 0.15) is 23.6 Å². The van der Waals surface area contributed by atoms with Gasteiger partial charge in [0, 0.05) is 0 Å². The van der Waals surface area contributed by atoms with Gasteiger partial charge in [-0.15, -0.1) is 0 Å². The highest BCUT2D eigenvalue weighted by Crippen LogP contribution is 2.13. The van der Waals surface area contributed by atoms with Crippen molar-refractivity contribution >= 4 is 12.2 Å². The molecule has 0 fully saturated rings. The summed E-state index contributed by atoms with van der Waals surface area (Å²) in [6, 6.07) is 18.9. The third-order valence-corrected chi connectivity index (χ3v) is 2.69. The minimum absolute atomic E-state index is 1.08. The molecule has 80 valence electrons. The molecule has 16 heavy (non-hydrogen) atoms. The lowest BCUT2D eigenvalue weighted by molar-refractivity contribution is 1.13. The smallest absolute Gasteiger partial charge is 0.0224 e. The highest BCUT2D eigenvalue weighted by molar-refractivity contribution is 5.71. The first-order valence-electron chi connectivity index (χ1n) is 5.71. The van der Waals surface area contributed by atoms with Crippen molar-refractivity contribution in [1.82, 2.24) is 0 Å². The van der Waals surface area contributed by atoms with Gasteiger partial charge in [-0.2, -0.15) is 0 Å². The van der Waals surface area contributed by atoms with Crippen molar-refractivity contribution in [3.05, 3.63) is 71.3 Å². The minimum atomic E-state index is 1.08. The van der Waals surface area contributed by atoms with Crippen molar-refractivity contribution in [2.45, 2.75) is 13.3 Å². The fourth-order valence-electron chi connectivity index (χ4n) is 1.77. The maximum Gasteiger partial charge on any atom is -0.0224 e. The molecule has 0 radical (unpaired) electrons. The molecule has 0 saturated carbocycles. The van der Waals surface area contributed by atoms with Crippen molar-refractivity contribution in [3.8, 4) is 0 Å². The summed E-state index contributed by atoms with van der Waals surface area (Å²) in [5, 5.41) is 0. The van der Waals surface area contributed by atoms with E-state index in [9.17, 15) is 0 Å². The highest BCUT2D eigenvalue weighted by Gasteiger charge is 1.94. The summed E-state index contributed by atoms with van der Waals surface area (Å²) in [6.07, 6.45) is 5.43. The highest BCUT2D eigenvalue weighted by atomic mass is 14.0. The van der Waals surface area contributed by atoms with Gasteiger partial charge in [-0.1, -0.05) is 73.7 Å². The average molecular weight is 208 g/mol. The van der Waals surface area contributed by atoms with Gasteiger partial charge < -0.3 is 0 Å². The van der Waals surface area contributed by atoms with E-state index in [4.69, 9.17) is 0 Å². The summed E-state index contributed by atoms with van der Waals surface area (Å²) < 4.78 is 0. The Morgan fingerprint density at radius 2 is 1.50 bits per heavy atom. The summed E-state index contributed by atoms with van der Waals surface area (Å²) in [5.74, 6) is 0. The second kappa shape index (κ2) is 5.32. The zero-order valence-corrected chi connectivity index (χ0v) is 9.56. The molecule has 0 atom stereocenters. The van der Waals surface area contributed by atoms with Crippen LogP contribution in [0, 0.1) is 0 Å². The van der Waals surface area contributed by atoms with E-state index >= 15 is 0 Å².